The van der Waals surface area contributed by atoms with Gasteiger partial charge >= 0.3 is 10.3 Å². The maximum absolute atomic E-state index is 9.43. The molecule has 0 fully saturated rings. The molecule has 0 amide bonds. The monoisotopic (exact) mass is 244 g/mol. The maximum Gasteiger partial charge on any atom is 0.349 e. The average Bonchev–Trinajstić information content (AvgIpc) is 2.12. The van der Waals surface area contributed by atoms with E-state index >= 15 is 0 Å². The molecule has 8 heteroatoms. The second-order valence-electron chi connectivity index (χ2n) is 2.92. The van der Waals surface area contributed by atoms with E-state index in [2.05, 4.69) is 22.2 Å². The minimum Gasteiger partial charge on any atom is -0.368 e. The van der Waals surface area contributed by atoms with Crippen molar-refractivity contribution in [1.29, 1.82) is 0 Å². The minimum absolute atomic E-state index is 0.528. The number of nitrogens with two attached hydrogens (primary N) is 2. The van der Waals surface area contributed by atoms with E-state index in [4.69, 9.17) is 10.2 Å². The number of hydrogen-bond acceptors (Lipinski definition) is 6. The highest BCUT2D eigenvalue weighted by atomic mass is 32.2. The van der Waals surface area contributed by atoms with Gasteiger partial charge in [-0.1, -0.05) is 26.2 Å². The van der Waals surface area contributed by atoms with E-state index in [1.54, 1.807) is 0 Å². The molecule has 15 heavy (non-hydrogen) atoms. The molecule has 0 radical (unpaired) electrons. The zero-order valence-electron chi connectivity index (χ0n) is 8.80. The van der Waals surface area contributed by atoms with Crippen molar-refractivity contribution < 1.29 is 22.9 Å². The molecule has 0 aliphatic carbocycles. The van der Waals surface area contributed by atoms with E-state index in [1.165, 1.54) is 12.8 Å². The Bertz CT molecular complexity index is 217. The van der Waals surface area contributed by atoms with Crippen LogP contribution in [0.3, 0.4) is 0 Å². The average molecular weight is 244 g/mol. The third-order valence-electron chi connectivity index (χ3n) is 1.45. The third-order valence-corrected chi connectivity index (χ3v) is 1.72. The van der Waals surface area contributed by atoms with Gasteiger partial charge in [0.2, 0.25) is 0 Å². The van der Waals surface area contributed by atoms with Crippen LogP contribution in [0.25, 0.3) is 0 Å². The van der Waals surface area contributed by atoms with Crippen LogP contribution in [0.2, 0.25) is 0 Å². The van der Waals surface area contributed by atoms with E-state index in [-0.39, 0.29) is 0 Å². The Balaban J connectivity index is 0. The summed E-state index contributed by atoms with van der Waals surface area (Å²) in [6.45, 7) is 2.13. The fraction of sp³-hybridized carbons (Fsp3) is 1.00. The number of aliphatic hydroxyl groups excluding tert-OH is 1. The van der Waals surface area contributed by atoms with Crippen molar-refractivity contribution in [2.75, 3.05) is 0 Å². The first-order valence-electron chi connectivity index (χ1n) is 4.60. The SMILES string of the molecule is CCCCCCC(O)O.NOS(N)(=O)=O. The smallest absolute Gasteiger partial charge is 0.349 e. The lowest BCUT2D eigenvalue weighted by Crippen LogP contribution is -2.19. The molecule has 0 heterocycles. The van der Waals surface area contributed by atoms with E-state index in [9.17, 15) is 8.42 Å². The Hall–Kier alpha value is -0.250. The highest BCUT2D eigenvalue weighted by molar-refractivity contribution is 7.84. The predicted molar refractivity (Wildman–Crippen MR) is 55.4 cm³/mol. The van der Waals surface area contributed by atoms with Crippen LogP contribution >= 0.6 is 0 Å². The molecule has 0 unspecified atom stereocenters. The summed E-state index contributed by atoms with van der Waals surface area (Å²) < 4.78 is 22.0. The molecule has 0 aliphatic heterocycles. The van der Waals surface area contributed by atoms with Gasteiger partial charge in [-0.2, -0.15) is 18.6 Å². The summed E-state index contributed by atoms with van der Waals surface area (Å²) in [5.41, 5.74) is 0. The van der Waals surface area contributed by atoms with Crippen molar-refractivity contribution in [3.8, 4) is 0 Å². The zero-order valence-corrected chi connectivity index (χ0v) is 9.61. The van der Waals surface area contributed by atoms with Gasteiger partial charge in [0.1, 0.15) is 0 Å². The van der Waals surface area contributed by atoms with Gasteiger partial charge in [-0.3, -0.25) is 0 Å². The van der Waals surface area contributed by atoms with Gasteiger partial charge in [0.25, 0.3) is 0 Å². The van der Waals surface area contributed by atoms with Crippen LogP contribution in [0.5, 0.6) is 0 Å². The zero-order chi connectivity index (χ0) is 12.3. The van der Waals surface area contributed by atoms with Crippen LogP contribution in [-0.2, 0) is 14.6 Å². The van der Waals surface area contributed by atoms with Crippen molar-refractivity contribution in [3.05, 3.63) is 0 Å². The summed E-state index contributed by atoms with van der Waals surface area (Å²) in [4.78, 5) is 0. The van der Waals surface area contributed by atoms with Crippen LogP contribution < -0.4 is 11.0 Å². The van der Waals surface area contributed by atoms with Crippen molar-refractivity contribution in [2.45, 2.75) is 45.3 Å². The summed E-state index contributed by atoms with van der Waals surface area (Å²) in [5, 5.41) is 21.0. The summed E-state index contributed by atoms with van der Waals surface area (Å²) in [7, 11) is -3.88. The number of rotatable bonds is 6. The number of aliphatic hydroxyl groups is 2. The molecule has 0 aliphatic rings. The van der Waals surface area contributed by atoms with Gasteiger partial charge in [-0.05, 0) is 12.8 Å². The van der Waals surface area contributed by atoms with Gasteiger partial charge in [0.15, 0.2) is 6.29 Å². The molecule has 0 atom stereocenters. The van der Waals surface area contributed by atoms with Gasteiger partial charge in [0, 0.05) is 0 Å². The lowest BCUT2D eigenvalue weighted by molar-refractivity contribution is -0.0465. The van der Waals surface area contributed by atoms with Crippen molar-refractivity contribution in [2.24, 2.45) is 11.0 Å². The first-order chi connectivity index (χ1) is 6.83. The third kappa shape index (κ3) is 24.8. The molecule has 0 aromatic carbocycles. The highest BCUT2D eigenvalue weighted by Crippen LogP contribution is 2.03. The molecule has 6 N–H and O–H groups in total. The fourth-order valence-corrected chi connectivity index (χ4v) is 0.754. The molecule has 0 bridgehead atoms. The van der Waals surface area contributed by atoms with Gasteiger partial charge < -0.3 is 10.2 Å². The molecule has 0 rings (SSSR count). The molecule has 0 aromatic heterocycles. The van der Waals surface area contributed by atoms with Gasteiger partial charge in [0.05, 0.1) is 0 Å². The lowest BCUT2D eigenvalue weighted by Gasteiger charge is -2.00. The Morgan fingerprint density at radius 2 is 1.73 bits per heavy atom. The quantitative estimate of drug-likeness (QED) is 0.278. The first kappa shape index (κ1) is 17.2. The Labute approximate surface area is 90.2 Å². The van der Waals surface area contributed by atoms with Gasteiger partial charge in [-0.25, -0.2) is 5.14 Å². The summed E-state index contributed by atoms with van der Waals surface area (Å²) >= 11 is 0. The Morgan fingerprint density at radius 3 is 2.00 bits per heavy atom. The predicted octanol–water partition coefficient (Wildman–Crippen LogP) is -0.652. The van der Waals surface area contributed by atoms with Crippen LogP contribution in [0.1, 0.15) is 39.0 Å². The second-order valence-corrected chi connectivity index (χ2v) is 4.10. The summed E-state index contributed by atoms with van der Waals surface area (Å²) in [6.07, 6.45) is 3.88. The molecule has 0 aromatic rings. The maximum atomic E-state index is 9.43. The summed E-state index contributed by atoms with van der Waals surface area (Å²) in [6, 6.07) is 0. The largest absolute Gasteiger partial charge is 0.368 e. The Kier molecular flexibility index (Phi) is 11.7. The fourth-order valence-electron chi connectivity index (χ4n) is 0.754. The minimum atomic E-state index is -3.88. The van der Waals surface area contributed by atoms with E-state index in [1.807, 2.05) is 0 Å². The first-order valence-corrected chi connectivity index (χ1v) is 6.07. The normalized spacial score (nSPS) is 11.1. The van der Waals surface area contributed by atoms with E-state index in [0.29, 0.717) is 6.42 Å². The summed E-state index contributed by atoms with van der Waals surface area (Å²) in [5.74, 6) is 4.09. The lowest BCUT2D eigenvalue weighted by atomic mass is 10.1. The topological polar surface area (TPSA) is 136 Å². The second kappa shape index (κ2) is 10.3. The van der Waals surface area contributed by atoms with Crippen LogP contribution in [0.4, 0.5) is 0 Å². The molecule has 0 saturated heterocycles. The number of unbranched alkanes of at least 4 members (excludes halogenated alkanes) is 3. The van der Waals surface area contributed by atoms with Crippen molar-refractivity contribution >= 4 is 10.3 Å². The molecule has 0 saturated carbocycles. The van der Waals surface area contributed by atoms with Crippen molar-refractivity contribution in [1.82, 2.24) is 0 Å². The molecular weight excluding hydrogens is 224 g/mol. The van der Waals surface area contributed by atoms with Crippen LogP contribution in [-0.4, -0.2) is 24.9 Å². The highest BCUT2D eigenvalue weighted by Gasteiger charge is 1.94. The van der Waals surface area contributed by atoms with Gasteiger partial charge in [-0.15, -0.1) is 0 Å². The standard InChI is InChI=1S/C7H16O2.H4N2O3S/c1-2-3-4-5-6-7(8)9;1-5-6(2,3)4/h7-9H,2-6H2,1H3;1H2,(H2,2,3,4). The molecular formula is C7H20N2O5S. The molecule has 94 valence electrons. The van der Waals surface area contributed by atoms with Crippen LogP contribution in [0, 0.1) is 0 Å². The van der Waals surface area contributed by atoms with E-state index in [0.717, 1.165) is 12.8 Å². The number of hydrogen-bond donors (Lipinski definition) is 4. The van der Waals surface area contributed by atoms with Crippen molar-refractivity contribution in [3.63, 3.8) is 0 Å². The van der Waals surface area contributed by atoms with E-state index < -0.39 is 16.6 Å². The van der Waals surface area contributed by atoms with Crippen LogP contribution in [0.15, 0.2) is 0 Å². The molecule has 0 spiro atoms. The Morgan fingerprint density at radius 1 is 1.27 bits per heavy atom. The molecule has 7 nitrogen and oxygen atoms in total.